The van der Waals surface area contributed by atoms with E-state index in [-0.39, 0.29) is 67.7 Å². The third kappa shape index (κ3) is 8.27. The number of anilines is 3. The van der Waals surface area contributed by atoms with E-state index in [1.54, 1.807) is 31.3 Å². The predicted molar refractivity (Wildman–Crippen MR) is 157 cm³/mol. The number of carbonyl (C=O) groups is 4. The average Bonchev–Trinajstić information content (AvgIpc) is 3.47. The summed E-state index contributed by atoms with van der Waals surface area (Å²) in [5.41, 5.74) is 7.96. The second-order valence-electron chi connectivity index (χ2n) is 9.94. The van der Waals surface area contributed by atoms with Crippen LogP contribution in [0.2, 0.25) is 0 Å². The van der Waals surface area contributed by atoms with Gasteiger partial charge in [-0.3, -0.25) is 24.5 Å². The summed E-state index contributed by atoms with van der Waals surface area (Å²) in [6.07, 6.45) is 3.24. The van der Waals surface area contributed by atoms with E-state index in [4.69, 9.17) is 10.8 Å². The molecule has 0 bridgehead atoms. The average molecular weight is 621 g/mol. The highest BCUT2D eigenvalue weighted by Gasteiger charge is 2.23. The maximum Gasteiger partial charge on any atom is 0.434 e. The number of aliphatic carboxylic acids is 2. The molecule has 3 aromatic heterocycles. The van der Waals surface area contributed by atoms with Crippen molar-refractivity contribution in [2.75, 3.05) is 23.0 Å². The van der Waals surface area contributed by atoms with Crippen molar-refractivity contribution in [3.05, 3.63) is 64.2 Å². The largest absolute Gasteiger partial charge is 0.481 e. The Morgan fingerprint density at radius 1 is 1.09 bits per heavy atom. The first-order chi connectivity index (χ1) is 21.4. The van der Waals surface area contributed by atoms with E-state index in [1.807, 2.05) is 4.90 Å². The SMILES string of the molecule is CN(Cc1cnc2nc(NC(=O)CCn3ccnc3[N+](=O)[O-])nc(N)c2n1)c1ccc(C(=O)CC(CCC(=O)O)C(=O)O)cc1. The monoisotopic (exact) mass is 620 g/mol. The summed E-state index contributed by atoms with van der Waals surface area (Å²) in [6, 6.07) is 6.50. The molecule has 0 radical (unpaired) electrons. The molecule has 4 rings (SSSR count). The lowest BCUT2D eigenvalue weighted by molar-refractivity contribution is -0.396. The first kappa shape index (κ1) is 31.9. The van der Waals surface area contributed by atoms with Crippen LogP contribution < -0.4 is 16.0 Å². The molecule has 0 saturated carbocycles. The number of hydrogen-bond acceptors (Lipinski definition) is 13. The Bertz CT molecular complexity index is 1760. The first-order valence-electron chi connectivity index (χ1n) is 13.4. The van der Waals surface area contributed by atoms with Gasteiger partial charge in [-0.1, -0.05) is 4.98 Å². The fourth-order valence-corrected chi connectivity index (χ4v) is 4.34. The van der Waals surface area contributed by atoms with E-state index in [0.29, 0.717) is 11.3 Å². The molecule has 18 heteroatoms. The Balaban J connectivity index is 1.37. The molecule has 45 heavy (non-hydrogen) atoms. The number of Topliss-reactive ketones (excluding diaryl/α,β-unsaturated/α-hetero) is 1. The van der Waals surface area contributed by atoms with Crippen LogP contribution in [0.3, 0.4) is 0 Å². The van der Waals surface area contributed by atoms with Crippen LogP contribution >= 0.6 is 0 Å². The maximum absolute atomic E-state index is 12.6. The molecule has 0 spiro atoms. The van der Waals surface area contributed by atoms with Crippen molar-refractivity contribution in [2.24, 2.45) is 5.92 Å². The zero-order chi connectivity index (χ0) is 32.7. The Kier molecular flexibility index (Phi) is 9.86. The third-order valence-electron chi connectivity index (χ3n) is 6.69. The lowest BCUT2D eigenvalue weighted by Gasteiger charge is -2.19. The Hall–Kier alpha value is -6.07. The smallest absolute Gasteiger partial charge is 0.434 e. The van der Waals surface area contributed by atoms with E-state index < -0.39 is 34.5 Å². The van der Waals surface area contributed by atoms with Gasteiger partial charge in [0.1, 0.15) is 12.4 Å². The number of nitrogen functional groups attached to an aromatic ring is 1. The fourth-order valence-electron chi connectivity index (χ4n) is 4.34. The van der Waals surface area contributed by atoms with Crippen LogP contribution in [0.5, 0.6) is 0 Å². The standard InChI is InChI=1S/C27H28N10O8/c1-35(18-5-2-15(3-6-18)19(38)12-16(25(42)43)4-7-21(40)41)14-17-13-30-24-22(31-17)23(28)33-26(34-24)32-20(39)8-10-36-11-9-29-27(36)37(44)45/h2-3,5-6,9,11,13,16H,4,7-8,10,12,14H2,1H3,(H,40,41)(H,42,43)(H3,28,30,32,33,34,39). The number of carbonyl (C=O) groups excluding carboxylic acids is 2. The highest BCUT2D eigenvalue weighted by atomic mass is 16.6. The Labute approximate surface area is 254 Å². The number of benzene rings is 1. The van der Waals surface area contributed by atoms with Gasteiger partial charge in [0.15, 0.2) is 22.8 Å². The zero-order valence-corrected chi connectivity index (χ0v) is 23.9. The normalized spacial score (nSPS) is 11.6. The number of nitro groups is 1. The van der Waals surface area contributed by atoms with Gasteiger partial charge >= 0.3 is 17.9 Å². The number of ketones is 1. The Morgan fingerprint density at radius 3 is 2.49 bits per heavy atom. The van der Waals surface area contributed by atoms with Crippen LogP contribution in [0.4, 0.5) is 23.4 Å². The lowest BCUT2D eigenvalue weighted by atomic mass is 9.94. The van der Waals surface area contributed by atoms with Gasteiger partial charge in [-0.25, -0.2) is 14.5 Å². The highest BCUT2D eigenvalue weighted by Crippen LogP contribution is 2.21. The van der Waals surface area contributed by atoms with E-state index >= 15 is 0 Å². The van der Waals surface area contributed by atoms with E-state index in [0.717, 1.165) is 5.69 Å². The van der Waals surface area contributed by atoms with E-state index in [2.05, 4.69) is 30.2 Å². The zero-order valence-electron chi connectivity index (χ0n) is 23.9. The number of amides is 1. The molecule has 0 aliphatic carbocycles. The molecule has 1 aromatic carbocycles. The van der Waals surface area contributed by atoms with Gasteiger partial charge in [-0.15, -0.1) is 0 Å². The molecule has 18 nitrogen and oxygen atoms in total. The minimum Gasteiger partial charge on any atom is -0.481 e. The van der Waals surface area contributed by atoms with Gasteiger partial charge in [-0.2, -0.15) is 9.97 Å². The number of aromatic nitrogens is 6. The number of aryl methyl sites for hydroxylation is 1. The van der Waals surface area contributed by atoms with Crippen LogP contribution in [0.25, 0.3) is 11.2 Å². The van der Waals surface area contributed by atoms with Crippen molar-refractivity contribution in [1.82, 2.24) is 29.5 Å². The number of hydrogen-bond donors (Lipinski definition) is 4. The number of nitrogens with one attached hydrogen (secondary N) is 1. The van der Waals surface area contributed by atoms with E-state index in [1.165, 1.54) is 23.2 Å². The number of carboxylic acid groups (broad SMARTS) is 2. The molecule has 5 N–H and O–H groups in total. The molecule has 1 atom stereocenters. The molecule has 0 aliphatic heterocycles. The summed E-state index contributed by atoms with van der Waals surface area (Å²) < 4.78 is 1.23. The molecule has 234 valence electrons. The van der Waals surface area contributed by atoms with Crippen LogP contribution in [0.1, 0.15) is 41.7 Å². The number of nitrogens with two attached hydrogens (primary N) is 1. The van der Waals surface area contributed by atoms with Gasteiger partial charge < -0.3 is 31.0 Å². The molecule has 1 unspecified atom stereocenters. The second-order valence-corrected chi connectivity index (χ2v) is 9.94. The number of rotatable bonds is 15. The minimum absolute atomic E-state index is 0.0146. The minimum atomic E-state index is -1.22. The van der Waals surface area contributed by atoms with Crippen molar-refractivity contribution in [2.45, 2.75) is 38.8 Å². The van der Waals surface area contributed by atoms with Crippen molar-refractivity contribution < 1.29 is 34.3 Å². The quantitative estimate of drug-likeness (QED) is 0.0840. The summed E-state index contributed by atoms with van der Waals surface area (Å²) in [7, 11) is 1.78. The van der Waals surface area contributed by atoms with Gasteiger partial charge in [0.25, 0.3) is 0 Å². The van der Waals surface area contributed by atoms with Gasteiger partial charge in [0.05, 0.1) is 37.3 Å². The van der Waals surface area contributed by atoms with Gasteiger partial charge in [0, 0.05) is 31.1 Å². The fraction of sp³-hybridized carbons (Fsp3) is 0.296. The summed E-state index contributed by atoms with van der Waals surface area (Å²) in [5, 5.41) is 31.6. The maximum atomic E-state index is 12.6. The second kappa shape index (κ2) is 13.9. The molecule has 1 amide bonds. The predicted octanol–water partition coefficient (Wildman–Crippen LogP) is 1.91. The molecule has 0 fully saturated rings. The van der Waals surface area contributed by atoms with Crippen molar-refractivity contribution in [3.63, 3.8) is 0 Å². The molecule has 0 aliphatic rings. The summed E-state index contributed by atoms with van der Waals surface area (Å²) >= 11 is 0. The first-order valence-corrected chi connectivity index (χ1v) is 13.4. The number of carboxylic acids is 2. The number of imidazole rings is 1. The lowest BCUT2D eigenvalue weighted by Crippen LogP contribution is -2.20. The topological polar surface area (TPSA) is 263 Å². The molecule has 0 saturated heterocycles. The molecular formula is C27H28N10O8. The summed E-state index contributed by atoms with van der Waals surface area (Å²) in [4.78, 5) is 80.1. The number of nitrogens with zero attached hydrogens (tertiary/aromatic N) is 8. The van der Waals surface area contributed by atoms with Crippen molar-refractivity contribution >= 4 is 58.2 Å². The summed E-state index contributed by atoms with van der Waals surface area (Å²) in [5.74, 6) is -4.86. The Morgan fingerprint density at radius 2 is 1.82 bits per heavy atom. The van der Waals surface area contributed by atoms with Crippen LogP contribution in [-0.4, -0.2) is 75.3 Å². The van der Waals surface area contributed by atoms with Gasteiger partial charge in [0.2, 0.25) is 11.9 Å². The van der Waals surface area contributed by atoms with E-state index in [9.17, 15) is 34.4 Å². The van der Waals surface area contributed by atoms with Crippen LogP contribution in [0, 0.1) is 16.0 Å². The molecule has 3 heterocycles. The van der Waals surface area contributed by atoms with Gasteiger partial charge in [-0.05, 0) is 35.6 Å². The van der Waals surface area contributed by atoms with Crippen LogP contribution in [-0.2, 0) is 27.5 Å². The molecular weight excluding hydrogens is 592 g/mol. The number of fused-ring (bicyclic) bond motifs is 1. The van der Waals surface area contributed by atoms with Crippen molar-refractivity contribution in [3.8, 4) is 0 Å². The van der Waals surface area contributed by atoms with Crippen LogP contribution in [0.15, 0.2) is 42.9 Å². The molecule has 4 aromatic rings. The van der Waals surface area contributed by atoms with Crippen molar-refractivity contribution in [1.29, 1.82) is 0 Å². The summed E-state index contributed by atoms with van der Waals surface area (Å²) in [6.45, 7) is 0.297. The third-order valence-corrected chi connectivity index (χ3v) is 6.69. The highest BCUT2D eigenvalue weighted by molar-refractivity contribution is 5.98.